The summed E-state index contributed by atoms with van der Waals surface area (Å²) in [6, 6.07) is 0. The van der Waals surface area contributed by atoms with Gasteiger partial charge in [0.1, 0.15) is 0 Å². The molecule has 0 atom stereocenters. The molecule has 0 fully saturated rings. The number of aryl methyl sites for hydroxylation is 2. The second kappa shape index (κ2) is 5.25. The minimum atomic E-state index is -0.179. The predicted molar refractivity (Wildman–Crippen MR) is 66.8 cm³/mol. The SMILES string of the molecule is C=CC(=O)Nc1nc2c(s1)CCCCCC2. The number of rotatable bonds is 2. The highest BCUT2D eigenvalue weighted by atomic mass is 32.1. The van der Waals surface area contributed by atoms with Gasteiger partial charge in [-0.2, -0.15) is 0 Å². The second-order valence-electron chi connectivity index (χ2n) is 4.00. The third-order valence-corrected chi connectivity index (χ3v) is 3.83. The van der Waals surface area contributed by atoms with Crippen molar-refractivity contribution in [1.82, 2.24) is 4.98 Å². The molecule has 1 aliphatic carbocycles. The van der Waals surface area contributed by atoms with E-state index in [0.717, 1.165) is 18.0 Å². The van der Waals surface area contributed by atoms with Crippen LogP contribution in [0.15, 0.2) is 12.7 Å². The van der Waals surface area contributed by atoms with Gasteiger partial charge >= 0.3 is 0 Å². The molecule has 0 spiro atoms. The van der Waals surface area contributed by atoms with E-state index in [9.17, 15) is 4.79 Å². The van der Waals surface area contributed by atoms with Crippen LogP contribution in [-0.2, 0) is 17.6 Å². The van der Waals surface area contributed by atoms with E-state index in [1.54, 1.807) is 11.3 Å². The standard InChI is InChI=1S/C12H16N2OS/c1-2-11(15)14-12-13-9-7-5-3-4-6-8-10(9)16-12/h2H,1,3-8H2,(H,13,14,15). The van der Waals surface area contributed by atoms with Crippen LogP contribution in [0.1, 0.15) is 36.3 Å². The highest BCUT2D eigenvalue weighted by molar-refractivity contribution is 7.15. The van der Waals surface area contributed by atoms with Gasteiger partial charge in [0.25, 0.3) is 0 Å². The molecule has 16 heavy (non-hydrogen) atoms. The normalized spacial score (nSPS) is 15.8. The van der Waals surface area contributed by atoms with Crippen molar-refractivity contribution in [1.29, 1.82) is 0 Å². The lowest BCUT2D eigenvalue weighted by Gasteiger charge is -2.06. The van der Waals surface area contributed by atoms with Gasteiger partial charge in [-0.3, -0.25) is 10.1 Å². The van der Waals surface area contributed by atoms with Crippen molar-refractivity contribution in [3.05, 3.63) is 23.2 Å². The summed E-state index contributed by atoms with van der Waals surface area (Å²) in [7, 11) is 0. The van der Waals surface area contributed by atoms with E-state index in [0.29, 0.717) is 0 Å². The summed E-state index contributed by atoms with van der Waals surface area (Å²) in [5, 5.41) is 3.46. The minimum absolute atomic E-state index is 0.179. The van der Waals surface area contributed by atoms with Crippen molar-refractivity contribution in [2.75, 3.05) is 5.32 Å². The number of nitrogens with one attached hydrogen (secondary N) is 1. The van der Waals surface area contributed by atoms with Crippen LogP contribution >= 0.6 is 11.3 Å². The number of fused-ring (bicyclic) bond motifs is 1. The van der Waals surface area contributed by atoms with Crippen LogP contribution in [0.5, 0.6) is 0 Å². The predicted octanol–water partition coefficient (Wildman–Crippen LogP) is 2.93. The number of aromatic nitrogens is 1. The number of hydrogen-bond acceptors (Lipinski definition) is 3. The largest absolute Gasteiger partial charge is 0.298 e. The van der Waals surface area contributed by atoms with Crippen LogP contribution in [0.4, 0.5) is 5.13 Å². The van der Waals surface area contributed by atoms with Gasteiger partial charge in [0.15, 0.2) is 5.13 Å². The Hall–Kier alpha value is -1.16. The molecule has 1 heterocycles. The third kappa shape index (κ3) is 2.70. The Bertz CT molecular complexity index is 372. The zero-order valence-corrected chi connectivity index (χ0v) is 10.1. The molecular formula is C12H16N2OS. The van der Waals surface area contributed by atoms with E-state index in [1.807, 2.05) is 0 Å². The quantitative estimate of drug-likeness (QED) is 0.802. The first kappa shape index (κ1) is 11.3. The lowest BCUT2D eigenvalue weighted by molar-refractivity contribution is -0.111. The molecule has 4 heteroatoms. The Morgan fingerprint density at radius 2 is 2.06 bits per heavy atom. The fraction of sp³-hybridized carbons (Fsp3) is 0.500. The fourth-order valence-corrected chi connectivity index (χ4v) is 2.97. The van der Waals surface area contributed by atoms with E-state index >= 15 is 0 Å². The Balaban J connectivity index is 2.13. The van der Waals surface area contributed by atoms with Gasteiger partial charge in [0.2, 0.25) is 5.91 Å². The van der Waals surface area contributed by atoms with Crippen molar-refractivity contribution < 1.29 is 4.79 Å². The number of thiazole rings is 1. The highest BCUT2D eigenvalue weighted by Gasteiger charge is 2.13. The highest BCUT2D eigenvalue weighted by Crippen LogP contribution is 2.28. The summed E-state index contributed by atoms with van der Waals surface area (Å²) < 4.78 is 0. The molecule has 1 aromatic rings. The van der Waals surface area contributed by atoms with Gasteiger partial charge in [-0.15, -0.1) is 11.3 Å². The van der Waals surface area contributed by atoms with Gasteiger partial charge in [-0.05, 0) is 31.8 Å². The van der Waals surface area contributed by atoms with Gasteiger partial charge < -0.3 is 0 Å². The molecule has 1 amide bonds. The van der Waals surface area contributed by atoms with Crippen molar-refractivity contribution in [2.24, 2.45) is 0 Å². The summed E-state index contributed by atoms with van der Waals surface area (Å²) in [5.41, 5.74) is 1.18. The first-order chi connectivity index (χ1) is 7.79. The molecule has 0 unspecified atom stereocenters. The third-order valence-electron chi connectivity index (χ3n) is 2.76. The van der Waals surface area contributed by atoms with Gasteiger partial charge in [0, 0.05) is 4.88 Å². The summed E-state index contributed by atoms with van der Waals surface area (Å²) in [6.07, 6.45) is 8.50. The molecule has 1 aliphatic rings. The molecule has 0 saturated heterocycles. The van der Waals surface area contributed by atoms with Gasteiger partial charge in [0.05, 0.1) is 5.69 Å². The van der Waals surface area contributed by atoms with Crippen LogP contribution in [0.3, 0.4) is 0 Å². The molecule has 3 nitrogen and oxygen atoms in total. The molecule has 1 N–H and O–H groups in total. The van der Waals surface area contributed by atoms with E-state index in [-0.39, 0.29) is 5.91 Å². The van der Waals surface area contributed by atoms with Crippen LogP contribution < -0.4 is 5.32 Å². The Morgan fingerprint density at radius 3 is 2.81 bits per heavy atom. The van der Waals surface area contributed by atoms with Crippen LogP contribution in [0.2, 0.25) is 0 Å². The topological polar surface area (TPSA) is 42.0 Å². The molecule has 86 valence electrons. The number of carbonyl (C=O) groups is 1. The molecule has 0 saturated carbocycles. The van der Waals surface area contributed by atoms with Crippen molar-refractivity contribution in [2.45, 2.75) is 38.5 Å². The molecule has 0 radical (unpaired) electrons. The van der Waals surface area contributed by atoms with E-state index in [4.69, 9.17) is 0 Å². The molecule has 2 rings (SSSR count). The maximum Gasteiger partial charge on any atom is 0.249 e. The zero-order chi connectivity index (χ0) is 11.4. The fourth-order valence-electron chi connectivity index (χ4n) is 1.92. The molecular weight excluding hydrogens is 220 g/mol. The Labute approximate surface area is 99.6 Å². The number of nitrogens with zero attached hydrogens (tertiary/aromatic N) is 1. The van der Waals surface area contributed by atoms with Crippen molar-refractivity contribution in [3.8, 4) is 0 Å². The van der Waals surface area contributed by atoms with Crippen LogP contribution in [0.25, 0.3) is 0 Å². The number of amides is 1. The maximum atomic E-state index is 11.2. The lowest BCUT2D eigenvalue weighted by Crippen LogP contribution is -2.06. The second-order valence-corrected chi connectivity index (χ2v) is 5.08. The number of anilines is 1. The van der Waals surface area contributed by atoms with E-state index in [1.165, 1.54) is 42.3 Å². The summed E-state index contributed by atoms with van der Waals surface area (Å²) in [6.45, 7) is 3.43. The first-order valence-electron chi connectivity index (χ1n) is 5.71. The maximum absolute atomic E-state index is 11.2. The van der Waals surface area contributed by atoms with Crippen LogP contribution in [-0.4, -0.2) is 10.9 Å². The Morgan fingerprint density at radius 1 is 1.31 bits per heavy atom. The molecule has 0 aromatic carbocycles. The number of carbonyl (C=O) groups excluding carboxylic acids is 1. The van der Waals surface area contributed by atoms with Gasteiger partial charge in [-0.1, -0.05) is 19.4 Å². The van der Waals surface area contributed by atoms with E-state index < -0.39 is 0 Å². The van der Waals surface area contributed by atoms with Crippen molar-refractivity contribution >= 4 is 22.4 Å². The van der Waals surface area contributed by atoms with Crippen molar-refractivity contribution in [3.63, 3.8) is 0 Å². The summed E-state index contributed by atoms with van der Waals surface area (Å²) >= 11 is 1.61. The number of hydrogen-bond donors (Lipinski definition) is 1. The van der Waals surface area contributed by atoms with Gasteiger partial charge in [-0.25, -0.2) is 4.98 Å². The molecule has 0 bridgehead atoms. The minimum Gasteiger partial charge on any atom is -0.298 e. The van der Waals surface area contributed by atoms with Crippen LogP contribution in [0, 0.1) is 0 Å². The summed E-state index contributed by atoms with van der Waals surface area (Å²) in [5.74, 6) is -0.179. The average Bonchev–Trinajstić information content (AvgIpc) is 2.60. The molecule has 0 aliphatic heterocycles. The van der Waals surface area contributed by atoms with E-state index in [2.05, 4.69) is 16.9 Å². The molecule has 1 aromatic heterocycles. The zero-order valence-electron chi connectivity index (χ0n) is 9.29. The Kier molecular flexibility index (Phi) is 3.72. The smallest absolute Gasteiger partial charge is 0.249 e. The lowest BCUT2D eigenvalue weighted by atomic mass is 10.0. The monoisotopic (exact) mass is 236 g/mol. The average molecular weight is 236 g/mol. The first-order valence-corrected chi connectivity index (χ1v) is 6.53. The summed E-state index contributed by atoms with van der Waals surface area (Å²) in [4.78, 5) is 17.0.